The molecule has 0 unspecified atom stereocenters. The Bertz CT molecular complexity index is 1020. The van der Waals surface area contributed by atoms with Crippen LogP contribution >= 0.6 is 0 Å². The Morgan fingerprint density at radius 3 is 2.32 bits per heavy atom. The topological polar surface area (TPSA) is 84.9 Å². The molecule has 1 atom stereocenters. The van der Waals surface area contributed by atoms with Gasteiger partial charge in [0.1, 0.15) is 18.2 Å². The van der Waals surface area contributed by atoms with Gasteiger partial charge < -0.3 is 14.8 Å². The van der Waals surface area contributed by atoms with Gasteiger partial charge in [-0.15, -0.1) is 0 Å². The molecule has 0 spiro atoms. The summed E-state index contributed by atoms with van der Waals surface area (Å²) >= 11 is 0. The number of rotatable bonds is 7. The van der Waals surface area contributed by atoms with E-state index in [1.54, 1.807) is 31.2 Å². The number of Topliss-reactive ketones (excluding diaryl/α,β-unsaturated/α-hetero) is 1. The third-order valence-electron chi connectivity index (χ3n) is 4.91. The third kappa shape index (κ3) is 4.91. The molecule has 0 fully saturated rings. The zero-order valence-electron chi connectivity index (χ0n) is 17.5. The molecule has 31 heavy (non-hydrogen) atoms. The van der Waals surface area contributed by atoms with Gasteiger partial charge in [0.15, 0.2) is 5.78 Å². The highest BCUT2D eigenvalue weighted by atomic mass is 19.1. The number of ketones is 1. The van der Waals surface area contributed by atoms with Crippen LogP contribution in [0.3, 0.4) is 0 Å². The predicted molar refractivity (Wildman–Crippen MR) is 111 cm³/mol. The Morgan fingerprint density at radius 2 is 1.74 bits per heavy atom. The van der Waals surface area contributed by atoms with Crippen LogP contribution in [0.15, 0.2) is 59.8 Å². The third-order valence-corrected chi connectivity index (χ3v) is 4.91. The highest BCUT2D eigenvalue weighted by molar-refractivity contribution is 5.95. The molecule has 1 aliphatic heterocycles. The summed E-state index contributed by atoms with van der Waals surface area (Å²) < 4.78 is 24.4. The molecule has 8 heteroatoms. The molecule has 0 saturated carbocycles. The molecular formula is C23H23FN2O5. The molecule has 1 aliphatic rings. The number of nitrogens with zero attached hydrogens (tertiary/aromatic N) is 1. The Morgan fingerprint density at radius 1 is 1.10 bits per heavy atom. The van der Waals surface area contributed by atoms with Crippen LogP contribution in [0, 0.1) is 5.82 Å². The fourth-order valence-corrected chi connectivity index (χ4v) is 3.22. The van der Waals surface area contributed by atoms with Crippen LogP contribution in [0.2, 0.25) is 0 Å². The van der Waals surface area contributed by atoms with Crippen LogP contribution in [0.5, 0.6) is 5.75 Å². The zero-order valence-corrected chi connectivity index (χ0v) is 17.5. The lowest BCUT2D eigenvalue weighted by Crippen LogP contribution is -2.48. The SMILES string of the molecule is CCOC(=O)C1=C(COc2ccc(C(C)=O)cc2)N(C)C(=O)N[C@@H]1c1ccc(F)cc1. The fourth-order valence-electron chi connectivity index (χ4n) is 3.22. The van der Waals surface area contributed by atoms with Gasteiger partial charge in [-0.25, -0.2) is 14.0 Å². The molecule has 0 saturated heterocycles. The highest BCUT2D eigenvalue weighted by Gasteiger charge is 2.37. The van der Waals surface area contributed by atoms with Crippen LogP contribution in [-0.2, 0) is 9.53 Å². The maximum atomic E-state index is 13.4. The number of likely N-dealkylation sites (N-methyl/N-ethyl adjacent to an activating group) is 1. The van der Waals surface area contributed by atoms with Crippen molar-refractivity contribution in [1.29, 1.82) is 0 Å². The first-order valence-corrected chi connectivity index (χ1v) is 9.75. The maximum Gasteiger partial charge on any atom is 0.338 e. The molecule has 162 valence electrons. The lowest BCUT2D eigenvalue weighted by molar-refractivity contribution is -0.139. The minimum absolute atomic E-state index is 0.0651. The number of urea groups is 1. The molecule has 3 rings (SSSR count). The van der Waals surface area contributed by atoms with Crippen molar-refractivity contribution in [1.82, 2.24) is 10.2 Å². The summed E-state index contributed by atoms with van der Waals surface area (Å²) in [5.41, 5.74) is 1.61. The largest absolute Gasteiger partial charge is 0.487 e. The first kappa shape index (κ1) is 22.0. The van der Waals surface area contributed by atoms with Gasteiger partial charge in [0.2, 0.25) is 0 Å². The zero-order chi connectivity index (χ0) is 22.5. The number of esters is 1. The molecule has 2 aromatic rings. The Balaban J connectivity index is 1.97. The van der Waals surface area contributed by atoms with Crippen LogP contribution in [0.25, 0.3) is 0 Å². The van der Waals surface area contributed by atoms with Crippen molar-refractivity contribution in [3.63, 3.8) is 0 Å². The molecule has 0 radical (unpaired) electrons. The number of carbonyl (C=O) groups is 3. The van der Waals surface area contributed by atoms with E-state index in [-0.39, 0.29) is 24.6 Å². The summed E-state index contributed by atoms with van der Waals surface area (Å²) in [7, 11) is 1.52. The molecule has 2 aromatic carbocycles. The average Bonchev–Trinajstić information content (AvgIpc) is 2.75. The summed E-state index contributed by atoms with van der Waals surface area (Å²) in [6.07, 6.45) is 0. The van der Waals surface area contributed by atoms with Crippen molar-refractivity contribution in [2.45, 2.75) is 19.9 Å². The van der Waals surface area contributed by atoms with E-state index in [0.717, 1.165) is 0 Å². The lowest BCUT2D eigenvalue weighted by atomic mass is 9.94. The van der Waals surface area contributed by atoms with E-state index in [9.17, 15) is 18.8 Å². The van der Waals surface area contributed by atoms with Gasteiger partial charge in [-0.3, -0.25) is 9.69 Å². The van der Waals surface area contributed by atoms with Gasteiger partial charge in [-0.05, 0) is 55.8 Å². The second-order valence-corrected chi connectivity index (χ2v) is 6.94. The van der Waals surface area contributed by atoms with E-state index < -0.39 is 23.9 Å². The Labute approximate surface area is 179 Å². The van der Waals surface area contributed by atoms with E-state index in [4.69, 9.17) is 9.47 Å². The number of ether oxygens (including phenoxy) is 2. The normalized spacial score (nSPS) is 16.1. The quantitative estimate of drug-likeness (QED) is 0.540. The van der Waals surface area contributed by atoms with Crippen molar-refractivity contribution in [2.24, 2.45) is 0 Å². The number of amides is 2. The molecule has 1 N–H and O–H groups in total. The van der Waals surface area contributed by atoms with E-state index in [1.807, 2.05) is 0 Å². The van der Waals surface area contributed by atoms with Crippen molar-refractivity contribution < 1.29 is 28.2 Å². The summed E-state index contributed by atoms with van der Waals surface area (Å²) in [6.45, 7) is 3.21. The van der Waals surface area contributed by atoms with Gasteiger partial charge in [0.05, 0.1) is 23.9 Å². The highest BCUT2D eigenvalue weighted by Crippen LogP contribution is 2.31. The van der Waals surface area contributed by atoms with Crippen LogP contribution < -0.4 is 10.1 Å². The number of nitrogens with one attached hydrogen (secondary N) is 1. The molecule has 2 amide bonds. The van der Waals surface area contributed by atoms with Gasteiger partial charge in [0.25, 0.3) is 0 Å². The predicted octanol–water partition coefficient (Wildman–Crippen LogP) is 3.62. The minimum Gasteiger partial charge on any atom is -0.487 e. The monoisotopic (exact) mass is 426 g/mol. The number of carbonyl (C=O) groups excluding carboxylic acids is 3. The fraction of sp³-hybridized carbons (Fsp3) is 0.261. The second kappa shape index (κ2) is 9.42. The van der Waals surface area contributed by atoms with E-state index in [1.165, 1.54) is 43.1 Å². The summed E-state index contributed by atoms with van der Waals surface area (Å²) in [6, 6.07) is 10.8. The molecule has 0 aliphatic carbocycles. The summed E-state index contributed by atoms with van der Waals surface area (Å²) in [5.74, 6) is -0.625. The number of benzene rings is 2. The smallest absolute Gasteiger partial charge is 0.338 e. The van der Waals surface area contributed by atoms with Crippen molar-refractivity contribution in [3.05, 3.63) is 76.7 Å². The number of halogens is 1. The van der Waals surface area contributed by atoms with Crippen molar-refractivity contribution in [3.8, 4) is 5.75 Å². The second-order valence-electron chi connectivity index (χ2n) is 6.94. The maximum absolute atomic E-state index is 13.4. The van der Waals surface area contributed by atoms with Gasteiger partial charge in [-0.2, -0.15) is 0 Å². The molecule has 0 bridgehead atoms. The number of hydrogen-bond donors (Lipinski definition) is 1. The van der Waals surface area contributed by atoms with Crippen molar-refractivity contribution >= 4 is 17.8 Å². The summed E-state index contributed by atoms with van der Waals surface area (Å²) in [4.78, 5) is 38.1. The molecule has 7 nitrogen and oxygen atoms in total. The van der Waals surface area contributed by atoms with Crippen molar-refractivity contribution in [2.75, 3.05) is 20.3 Å². The average molecular weight is 426 g/mol. The Kier molecular flexibility index (Phi) is 6.69. The van der Waals surface area contributed by atoms with Crippen LogP contribution in [0.4, 0.5) is 9.18 Å². The summed E-state index contributed by atoms with van der Waals surface area (Å²) in [5, 5.41) is 2.75. The molecule has 0 aromatic heterocycles. The van der Waals surface area contributed by atoms with E-state index in [2.05, 4.69) is 5.32 Å². The first-order valence-electron chi connectivity index (χ1n) is 9.75. The minimum atomic E-state index is -0.818. The van der Waals surface area contributed by atoms with Gasteiger partial charge in [-0.1, -0.05) is 12.1 Å². The first-order chi connectivity index (χ1) is 14.8. The van der Waals surface area contributed by atoms with E-state index in [0.29, 0.717) is 22.6 Å². The molecular weight excluding hydrogens is 403 g/mol. The van der Waals surface area contributed by atoms with Crippen LogP contribution in [0.1, 0.15) is 35.8 Å². The lowest BCUT2D eigenvalue weighted by Gasteiger charge is -2.34. The molecule has 1 heterocycles. The Hall–Kier alpha value is -3.68. The number of hydrogen-bond acceptors (Lipinski definition) is 5. The van der Waals surface area contributed by atoms with Crippen LogP contribution in [-0.4, -0.2) is 42.9 Å². The van der Waals surface area contributed by atoms with E-state index >= 15 is 0 Å². The van der Waals surface area contributed by atoms with Gasteiger partial charge >= 0.3 is 12.0 Å². The van der Waals surface area contributed by atoms with Gasteiger partial charge in [0, 0.05) is 12.6 Å². The standard InChI is InChI=1S/C23H23FN2O5/c1-4-30-22(28)20-19(13-31-18-11-7-15(8-12-18)14(2)27)26(3)23(29)25-21(20)16-5-9-17(24)10-6-16/h5-12,21H,4,13H2,1-3H3,(H,25,29)/t21-/m1/s1.